The van der Waals surface area contributed by atoms with E-state index in [9.17, 15) is 4.79 Å². The standard InChI is InChI=1S/C21H25FN4O/c1-11(2)15-8-21(15)10-25-19-14(21)7-12(9-24-19)13-5-6-16(23)17(18(13)22)20(27)26(3)4/h5-7,9,11,15H,8,10,23H2,1-4H3,(H,24,25)/t15-,21-/m0/s1. The van der Waals surface area contributed by atoms with Crippen molar-refractivity contribution in [3.63, 3.8) is 0 Å². The minimum Gasteiger partial charge on any atom is -0.398 e. The first-order valence-corrected chi connectivity index (χ1v) is 9.30. The number of nitrogens with two attached hydrogens (primary N) is 1. The summed E-state index contributed by atoms with van der Waals surface area (Å²) >= 11 is 0. The maximum atomic E-state index is 15.2. The Morgan fingerprint density at radius 3 is 2.78 bits per heavy atom. The zero-order valence-corrected chi connectivity index (χ0v) is 16.1. The molecule has 0 radical (unpaired) electrons. The van der Waals surface area contributed by atoms with E-state index in [-0.39, 0.29) is 16.7 Å². The molecule has 4 rings (SSSR count). The van der Waals surface area contributed by atoms with Crippen LogP contribution in [0.1, 0.15) is 36.2 Å². The number of pyridine rings is 1. The van der Waals surface area contributed by atoms with Gasteiger partial charge in [0.2, 0.25) is 0 Å². The molecule has 0 bridgehead atoms. The highest BCUT2D eigenvalue weighted by molar-refractivity contribution is 6.00. The normalized spacial score (nSPS) is 22.7. The first-order chi connectivity index (χ1) is 12.8. The van der Waals surface area contributed by atoms with Crippen molar-refractivity contribution < 1.29 is 9.18 Å². The first kappa shape index (κ1) is 17.8. The van der Waals surface area contributed by atoms with E-state index < -0.39 is 11.7 Å². The number of hydrogen-bond acceptors (Lipinski definition) is 4. The summed E-state index contributed by atoms with van der Waals surface area (Å²) in [5.74, 6) is 1.07. The molecule has 0 unspecified atom stereocenters. The lowest BCUT2D eigenvalue weighted by Gasteiger charge is -2.16. The fraction of sp³-hybridized carbons (Fsp3) is 0.429. The van der Waals surface area contributed by atoms with Crippen LogP contribution in [0.4, 0.5) is 15.9 Å². The number of rotatable bonds is 3. The van der Waals surface area contributed by atoms with Crippen LogP contribution in [0.3, 0.4) is 0 Å². The molecular weight excluding hydrogens is 343 g/mol. The molecule has 6 heteroatoms. The molecule has 2 atom stereocenters. The Kier molecular flexibility index (Phi) is 3.91. The fourth-order valence-corrected chi connectivity index (χ4v) is 4.44. The van der Waals surface area contributed by atoms with Gasteiger partial charge in [-0.15, -0.1) is 0 Å². The fourth-order valence-electron chi connectivity index (χ4n) is 4.44. The smallest absolute Gasteiger partial charge is 0.258 e. The van der Waals surface area contributed by atoms with Crippen molar-refractivity contribution in [2.24, 2.45) is 11.8 Å². The predicted molar refractivity (Wildman–Crippen MR) is 105 cm³/mol. The molecule has 1 aromatic carbocycles. The summed E-state index contributed by atoms with van der Waals surface area (Å²) in [5.41, 5.74) is 8.25. The second-order valence-electron chi connectivity index (χ2n) is 8.28. The Morgan fingerprint density at radius 2 is 2.15 bits per heavy atom. The Bertz CT molecular complexity index is 940. The largest absolute Gasteiger partial charge is 0.398 e. The maximum absolute atomic E-state index is 15.2. The molecule has 1 aliphatic heterocycles. The van der Waals surface area contributed by atoms with Gasteiger partial charge in [0.15, 0.2) is 0 Å². The van der Waals surface area contributed by atoms with Gasteiger partial charge in [-0.1, -0.05) is 13.8 Å². The van der Waals surface area contributed by atoms with Crippen LogP contribution in [0, 0.1) is 17.7 Å². The van der Waals surface area contributed by atoms with E-state index in [2.05, 4.69) is 24.1 Å². The average molecular weight is 368 g/mol. The van der Waals surface area contributed by atoms with Gasteiger partial charge in [-0.2, -0.15) is 0 Å². The van der Waals surface area contributed by atoms with E-state index in [0.717, 1.165) is 24.3 Å². The van der Waals surface area contributed by atoms with E-state index >= 15 is 4.39 Å². The SMILES string of the molecule is CC(C)[C@@H]1C[C@@]12CNc1ncc(-c3ccc(N)c(C(=O)N(C)C)c3F)cc12. The molecule has 142 valence electrons. The molecule has 5 nitrogen and oxygen atoms in total. The molecule has 2 aromatic rings. The van der Waals surface area contributed by atoms with Crippen LogP contribution in [-0.4, -0.2) is 36.4 Å². The molecule has 3 N–H and O–H groups in total. The van der Waals surface area contributed by atoms with Crippen LogP contribution in [0.25, 0.3) is 11.1 Å². The van der Waals surface area contributed by atoms with Crippen LogP contribution < -0.4 is 11.1 Å². The molecule has 1 fully saturated rings. The monoisotopic (exact) mass is 368 g/mol. The minimum absolute atomic E-state index is 0.0858. The van der Waals surface area contributed by atoms with Crippen molar-refractivity contribution in [1.29, 1.82) is 0 Å². The van der Waals surface area contributed by atoms with Crippen LogP contribution in [0.5, 0.6) is 0 Å². The predicted octanol–water partition coefficient (Wildman–Crippen LogP) is 3.51. The summed E-state index contributed by atoms with van der Waals surface area (Å²) in [6.45, 7) is 5.37. The van der Waals surface area contributed by atoms with Gasteiger partial charge in [-0.05, 0) is 36.5 Å². The van der Waals surface area contributed by atoms with Crippen molar-refractivity contribution in [2.45, 2.75) is 25.7 Å². The van der Waals surface area contributed by atoms with E-state index in [1.807, 2.05) is 6.07 Å². The zero-order valence-electron chi connectivity index (χ0n) is 16.1. The van der Waals surface area contributed by atoms with Gasteiger partial charge in [-0.3, -0.25) is 4.79 Å². The van der Waals surface area contributed by atoms with Crippen molar-refractivity contribution in [1.82, 2.24) is 9.88 Å². The van der Waals surface area contributed by atoms with E-state index in [1.54, 1.807) is 32.4 Å². The number of nitrogens with zero attached hydrogens (tertiary/aromatic N) is 2. The third kappa shape index (κ3) is 2.58. The Balaban J connectivity index is 1.80. The van der Waals surface area contributed by atoms with Gasteiger partial charge in [0.1, 0.15) is 11.6 Å². The molecule has 1 saturated carbocycles. The molecule has 1 aromatic heterocycles. The second-order valence-corrected chi connectivity index (χ2v) is 8.28. The van der Waals surface area contributed by atoms with Crippen LogP contribution in [-0.2, 0) is 5.41 Å². The molecule has 0 saturated heterocycles. The maximum Gasteiger partial charge on any atom is 0.258 e. The second kappa shape index (κ2) is 5.94. The number of carbonyl (C=O) groups is 1. The first-order valence-electron chi connectivity index (χ1n) is 9.30. The molecular formula is C21H25FN4O. The topological polar surface area (TPSA) is 71.2 Å². The quantitative estimate of drug-likeness (QED) is 0.814. The lowest BCUT2D eigenvalue weighted by atomic mass is 9.90. The van der Waals surface area contributed by atoms with Crippen molar-refractivity contribution in [3.8, 4) is 11.1 Å². The summed E-state index contributed by atoms with van der Waals surface area (Å²) in [6.07, 6.45) is 2.79. The molecule has 1 amide bonds. The Labute approximate surface area is 158 Å². The number of benzene rings is 1. The van der Waals surface area contributed by atoms with E-state index in [0.29, 0.717) is 23.0 Å². The Hall–Kier alpha value is -2.63. The highest BCUT2D eigenvalue weighted by Gasteiger charge is 2.59. The third-order valence-corrected chi connectivity index (χ3v) is 6.04. The van der Waals surface area contributed by atoms with Gasteiger partial charge < -0.3 is 16.0 Å². The summed E-state index contributed by atoms with van der Waals surface area (Å²) < 4.78 is 15.2. The number of fused-ring (bicyclic) bond motifs is 2. The Morgan fingerprint density at radius 1 is 1.41 bits per heavy atom. The molecule has 2 aliphatic rings. The van der Waals surface area contributed by atoms with Crippen molar-refractivity contribution >= 4 is 17.4 Å². The van der Waals surface area contributed by atoms with E-state index in [4.69, 9.17) is 5.73 Å². The minimum atomic E-state index is -0.591. The number of anilines is 2. The van der Waals surface area contributed by atoms with Crippen LogP contribution in [0.2, 0.25) is 0 Å². The number of halogens is 1. The lowest BCUT2D eigenvalue weighted by Crippen LogP contribution is -2.24. The number of amides is 1. The van der Waals surface area contributed by atoms with E-state index in [1.165, 1.54) is 4.90 Å². The van der Waals surface area contributed by atoms with Crippen LogP contribution >= 0.6 is 0 Å². The number of nitrogen functional groups attached to an aromatic ring is 1. The summed E-state index contributed by atoms with van der Waals surface area (Å²) in [6, 6.07) is 5.25. The van der Waals surface area contributed by atoms with Gasteiger partial charge in [0.25, 0.3) is 5.91 Å². The summed E-state index contributed by atoms with van der Waals surface area (Å²) in [7, 11) is 3.17. The number of nitrogens with one attached hydrogen (secondary N) is 1. The van der Waals surface area contributed by atoms with Gasteiger partial charge >= 0.3 is 0 Å². The average Bonchev–Trinajstić information content (AvgIpc) is 3.25. The van der Waals surface area contributed by atoms with Gasteiger partial charge in [0, 0.05) is 54.6 Å². The molecule has 1 spiro atoms. The number of aromatic nitrogens is 1. The van der Waals surface area contributed by atoms with Gasteiger partial charge in [0.05, 0.1) is 5.56 Å². The highest BCUT2D eigenvalue weighted by Crippen LogP contribution is 2.62. The molecule has 1 aliphatic carbocycles. The van der Waals surface area contributed by atoms with Crippen LogP contribution in [0.15, 0.2) is 24.4 Å². The molecule has 2 heterocycles. The third-order valence-electron chi connectivity index (χ3n) is 6.04. The highest BCUT2D eigenvalue weighted by atomic mass is 19.1. The summed E-state index contributed by atoms with van der Waals surface area (Å²) in [4.78, 5) is 18.2. The number of carbonyl (C=O) groups excluding carboxylic acids is 1. The molecule has 27 heavy (non-hydrogen) atoms. The van der Waals surface area contributed by atoms with Gasteiger partial charge in [-0.25, -0.2) is 9.37 Å². The van der Waals surface area contributed by atoms with Crippen molar-refractivity contribution in [3.05, 3.63) is 41.3 Å². The lowest BCUT2D eigenvalue weighted by molar-refractivity contribution is 0.0824. The number of hydrogen-bond donors (Lipinski definition) is 2. The summed E-state index contributed by atoms with van der Waals surface area (Å²) in [5, 5.41) is 3.40. The van der Waals surface area contributed by atoms with Crippen molar-refractivity contribution in [2.75, 3.05) is 31.7 Å². The zero-order chi connectivity index (χ0) is 19.5.